The van der Waals surface area contributed by atoms with E-state index in [1.165, 1.54) is 18.5 Å². The molecule has 0 spiro atoms. The molecule has 0 N–H and O–H groups in total. The third-order valence-corrected chi connectivity index (χ3v) is 3.34. The topological polar surface area (TPSA) is 48.5 Å². The summed E-state index contributed by atoms with van der Waals surface area (Å²) in [6, 6.07) is 2.17. The first-order valence-electron chi connectivity index (χ1n) is 6.64. The maximum absolute atomic E-state index is 4.60. The number of rotatable bonds is 4. The van der Waals surface area contributed by atoms with Crippen LogP contribution in [0.5, 0.6) is 0 Å². The van der Waals surface area contributed by atoms with Crippen molar-refractivity contribution in [1.29, 1.82) is 0 Å². The fraction of sp³-hybridized carbons (Fsp3) is 0.615. The molecule has 5 nitrogen and oxygen atoms in total. The molecular formula is C13H19N5. The summed E-state index contributed by atoms with van der Waals surface area (Å²) in [5.74, 6) is 2.44. The van der Waals surface area contributed by atoms with Crippen molar-refractivity contribution in [1.82, 2.24) is 24.5 Å². The quantitative estimate of drug-likeness (QED) is 0.830. The molecule has 2 aromatic rings. The Balaban J connectivity index is 2.02. The number of hydrogen-bond acceptors (Lipinski definition) is 3. The van der Waals surface area contributed by atoms with Crippen LogP contribution in [0.15, 0.2) is 6.07 Å². The number of nitrogens with zero attached hydrogens (tertiary/aromatic N) is 5. The van der Waals surface area contributed by atoms with Gasteiger partial charge in [-0.05, 0) is 32.3 Å². The lowest BCUT2D eigenvalue weighted by molar-refractivity contribution is 0.599. The standard InChI is InChI=1S/C13H19N5/c1-4-7-18-13(14-9(2)15-18)12-8-11(10-5-6-10)16-17(12)3/h8,10H,4-7H2,1-3H3. The lowest BCUT2D eigenvalue weighted by atomic mass is 10.2. The third kappa shape index (κ3) is 1.94. The van der Waals surface area contributed by atoms with Gasteiger partial charge in [-0.15, -0.1) is 0 Å². The highest BCUT2D eigenvalue weighted by atomic mass is 15.4. The molecule has 3 rings (SSSR count). The van der Waals surface area contributed by atoms with Crippen LogP contribution >= 0.6 is 0 Å². The molecule has 2 heterocycles. The molecule has 0 amide bonds. The van der Waals surface area contributed by atoms with E-state index in [0.29, 0.717) is 5.92 Å². The molecule has 96 valence electrons. The van der Waals surface area contributed by atoms with Gasteiger partial charge < -0.3 is 0 Å². The highest BCUT2D eigenvalue weighted by Gasteiger charge is 2.27. The maximum Gasteiger partial charge on any atom is 0.176 e. The van der Waals surface area contributed by atoms with Crippen LogP contribution < -0.4 is 0 Å². The summed E-state index contributed by atoms with van der Waals surface area (Å²) >= 11 is 0. The molecule has 18 heavy (non-hydrogen) atoms. The van der Waals surface area contributed by atoms with Gasteiger partial charge in [-0.3, -0.25) is 4.68 Å². The van der Waals surface area contributed by atoms with E-state index in [1.54, 1.807) is 0 Å². The smallest absolute Gasteiger partial charge is 0.176 e. The van der Waals surface area contributed by atoms with Gasteiger partial charge in [-0.2, -0.15) is 10.2 Å². The van der Waals surface area contributed by atoms with Crippen molar-refractivity contribution in [3.63, 3.8) is 0 Å². The van der Waals surface area contributed by atoms with Gasteiger partial charge in [-0.25, -0.2) is 9.67 Å². The van der Waals surface area contributed by atoms with Crippen molar-refractivity contribution in [2.75, 3.05) is 0 Å². The maximum atomic E-state index is 4.60. The van der Waals surface area contributed by atoms with Gasteiger partial charge in [0.15, 0.2) is 5.82 Å². The fourth-order valence-electron chi connectivity index (χ4n) is 2.29. The summed E-state index contributed by atoms with van der Waals surface area (Å²) in [5.41, 5.74) is 2.28. The molecular weight excluding hydrogens is 226 g/mol. The average molecular weight is 245 g/mol. The molecule has 0 aromatic carbocycles. The Bertz CT molecular complexity index is 562. The Morgan fingerprint density at radius 1 is 1.33 bits per heavy atom. The van der Waals surface area contributed by atoms with E-state index >= 15 is 0 Å². The Morgan fingerprint density at radius 3 is 2.78 bits per heavy atom. The molecule has 1 aliphatic carbocycles. The van der Waals surface area contributed by atoms with E-state index in [4.69, 9.17) is 0 Å². The minimum Gasteiger partial charge on any atom is -0.264 e. The molecule has 1 fully saturated rings. The van der Waals surface area contributed by atoms with Crippen molar-refractivity contribution in [2.45, 2.75) is 45.6 Å². The van der Waals surface area contributed by atoms with E-state index in [2.05, 4.69) is 28.2 Å². The molecule has 1 aliphatic rings. The average Bonchev–Trinajstić information content (AvgIpc) is 3.02. The predicted molar refractivity (Wildman–Crippen MR) is 69.2 cm³/mol. The first-order chi connectivity index (χ1) is 8.69. The largest absolute Gasteiger partial charge is 0.264 e. The first kappa shape index (κ1) is 11.4. The van der Waals surface area contributed by atoms with Crippen LogP contribution in [0.25, 0.3) is 11.5 Å². The number of hydrogen-bond donors (Lipinski definition) is 0. The monoisotopic (exact) mass is 245 g/mol. The van der Waals surface area contributed by atoms with Gasteiger partial charge in [0.1, 0.15) is 11.5 Å². The fourth-order valence-corrected chi connectivity index (χ4v) is 2.29. The third-order valence-electron chi connectivity index (χ3n) is 3.34. The van der Waals surface area contributed by atoms with Crippen molar-refractivity contribution < 1.29 is 0 Å². The van der Waals surface area contributed by atoms with Gasteiger partial charge in [0.25, 0.3) is 0 Å². The van der Waals surface area contributed by atoms with Gasteiger partial charge >= 0.3 is 0 Å². The van der Waals surface area contributed by atoms with Crippen LogP contribution in [0.1, 0.15) is 43.6 Å². The molecule has 0 bridgehead atoms. The summed E-state index contributed by atoms with van der Waals surface area (Å²) in [7, 11) is 1.99. The summed E-state index contributed by atoms with van der Waals surface area (Å²) in [6.07, 6.45) is 3.61. The Hall–Kier alpha value is -1.65. The van der Waals surface area contributed by atoms with E-state index in [9.17, 15) is 0 Å². The molecule has 5 heteroatoms. The molecule has 2 aromatic heterocycles. The van der Waals surface area contributed by atoms with Gasteiger partial charge in [0.2, 0.25) is 0 Å². The van der Waals surface area contributed by atoms with E-state index in [1.807, 2.05) is 23.3 Å². The van der Waals surface area contributed by atoms with Crippen LogP contribution in [-0.4, -0.2) is 24.5 Å². The Labute approximate surface area is 107 Å². The number of aromatic nitrogens is 5. The highest BCUT2D eigenvalue weighted by molar-refractivity contribution is 5.51. The summed E-state index contributed by atoms with van der Waals surface area (Å²) < 4.78 is 3.92. The van der Waals surface area contributed by atoms with Crippen LogP contribution in [-0.2, 0) is 13.6 Å². The SMILES string of the molecule is CCCn1nc(C)nc1-c1cc(C2CC2)nn1C. The second-order valence-corrected chi connectivity index (χ2v) is 5.06. The van der Waals surface area contributed by atoms with Crippen LogP contribution in [0.2, 0.25) is 0 Å². The minimum atomic E-state index is 0.675. The van der Waals surface area contributed by atoms with Crippen molar-refractivity contribution >= 4 is 0 Å². The molecule has 0 unspecified atom stereocenters. The second kappa shape index (κ2) is 4.23. The van der Waals surface area contributed by atoms with Gasteiger partial charge in [-0.1, -0.05) is 6.92 Å². The van der Waals surface area contributed by atoms with Crippen molar-refractivity contribution in [3.8, 4) is 11.5 Å². The van der Waals surface area contributed by atoms with Gasteiger partial charge in [0.05, 0.1) is 5.69 Å². The van der Waals surface area contributed by atoms with Crippen molar-refractivity contribution in [3.05, 3.63) is 17.6 Å². The molecule has 0 atom stereocenters. The van der Waals surface area contributed by atoms with Crippen molar-refractivity contribution in [2.24, 2.45) is 7.05 Å². The lowest BCUT2D eigenvalue weighted by Crippen LogP contribution is -2.04. The normalized spacial score (nSPS) is 15.3. The van der Waals surface area contributed by atoms with E-state index in [-0.39, 0.29) is 0 Å². The number of aryl methyl sites for hydroxylation is 3. The highest BCUT2D eigenvalue weighted by Crippen LogP contribution is 2.40. The zero-order valence-corrected chi connectivity index (χ0v) is 11.2. The summed E-state index contributed by atoms with van der Waals surface area (Å²) in [4.78, 5) is 4.54. The van der Waals surface area contributed by atoms with E-state index in [0.717, 1.165) is 30.3 Å². The minimum absolute atomic E-state index is 0.675. The zero-order valence-electron chi connectivity index (χ0n) is 11.2. The Morgan fingerprint density at radius 2 is 2.11 bits per heavy atom. The lowest BCUT2D eigenvalue weighted by Gasteiger charge is -2.03. The molecule has 1 saturated carbocycles. The van der Waals surface area contributed by atoms with Crippen LogP contribution in [0, 0.1) is 6.92 Å². The Kier molecular flexibility index (Phi) is 2.69. The van der Waals surface area contributed by atoms with Gasteiger partial charge in [0, 0.05) is 19.5 Å². The van der Waals surface area contributed by atoms with Crippen LogP contribution in [0.4, 0.5) is 0 Å². The molecule has 0 saturated heterocycles. The summed E-state index contributed by atoms with van der Waals surface area (Å²) in [5, 5.41) is 9.05. The molecule has 0 aliphatic heterocycles. The summed E-state index contributed by atoms with van der Waals surface area (Å²) in [6.45, 7) is 4.99. The zero-order chi connectivity index (χ0) is 12.7. The van der Waals surface area contributed by atoms with Crippen LogP contribution in [0.3, 0.4) is 0 Å². The second-order valence-electron chi connectivity index (χ2n) is 5.06. The van der Waals surface area contributed by atoms with E-state index < -0.39 is 0 Å². The molecule has 0 radical (unpaired) electrons. The predicted octanol–water partition coefficient (Wildman–Crippen LogP) is 2.27. The first-order valence-corrected chi connectivity index (χ1v) is 6.64.